The van der Waals surface area contributed by atoms with Crippen LogP contribution in [0.15, 0.2) is 36.4 Å². The molecule has 2 aromatic rings. The van der Waals surface area contributed by atoms with Gasteiger partial charge in [-0.3, -0.25) is 0 Å². The van der Waals surface area contributed by atoms with Gasteiger partial charge in [0.25, 0.3) is 0 Å². The van der Waals surface area contributed by atoms with Gasteiger partial charge in [-0.2, -0.15) is 0 Å². The molecule has 0 unspecified atom stereocenters. The van der Waals surface area contributed by atoms with E-state index in [4.69, 9.17) is 11.6 Å². The summed E-state index contributed by atoms with van der Waals surface area (Å²) in [5, 5.41) is 1.15. The Labute approximate surface area is 100 Å². The third-order valence-corrected chi connectivity index (χ3v) is 2.52. The highest BCUT2D eigenvalue weighted by Gasteiger charge is 1.93. The minimum atomic E-state index is 0.666. The maximum Gasteiger partial charge on any atom is 0.113 e. The van der Waals surface area contributed by atoms with Crippen molar-refractivity contribution in [2.24, 2.45) is 0 Å². The van der Waals surface area contributed by atoms with Crippen LogP contribution >= 0.6 is 11.6 Å². The largest absolute Gasteiger partial charge is 0.239 e. The molecule has 0 saturated carbocycles. The first kappa shape index (κ1) is 11.0. The average Bonchev–Trinajstić information content (AvgIpc) is 2.34. The zero-order valence-electron chi connectivity index (χ0n) is 8.91. The summed E-state index contributed by atoms with van der Waals surface area (Å²) in [7, 11) is 0. The topological polar surface area (TPSA) is 12.9 Å². The molecule has 0 atom stereocenters. The van der Waals surface area contributed by atoms with Gasteiger partial charge in [-0.15, -0.1) is 11.6 Å². The highest BCUT2D eigenvalue weighted by Crippen LogP contribution is 2.10. The summed E-state index contributed by atoms with van der Waals surface area (Å²) < 4.78 is 0. The maximum absolute atomic E-state index is 5.58. The molecule has 80 valence electrons. The number of alkyl halides is 1. The van der Waals surface area contributed by atoms with Crippen LogP contribution in [-0.4, -0.2) is 10.9 Å². The van der Waals surface area contributed by atoms with Gasteiger partial charge in [0, 0.05) is 17.7 Å². The number of unbranched alkanes of at least 4 members (excludes halogenated alkanes) is 1. The molecule has 2 rings (SSSR count). The number of rotatable bonds is 2. The van der Waals surface area contributed by atoms with Gasteiger partial charge < -0.3 is 0 Å². The van der Waals surface area contributed by atoms with Crippen molar-refractivity contribution in [1.29, 1.82) is 0 Å². The van der Waals surface area contributed by atoms with Crippen LogP contribution in [0.25, 0.3) is 10.9 Å². The van der Waals surface area contributed by atoms with E-state index >= 15 is 0 Å². The number of para-hydroxylation sites is 1. The van der Waals surface area contributed by atoms with E-state index in [1.165, 1.54) is 0 Å². The summed E-state index contributed by atoms with van der Waals surface area (Å²) in [6, 6.07) is 12.0. The van der Waals surface area contributed by atoms with Crippen molar-refractivity contribution in [3.63, 3.8) is 0 Å². The van der Waals surface area contributed by atoms with E-state index in [9.17, 15) is 0 Å². The van der Waals surface area contributed by atoms with Crippen LogP contribution in [0, 0.1) is 11.8 Å². The van der Waals surface area contributed by atoms with Crippen LogP contribution < -0.4 is 0 Å². The van der Waals surface area contributed by atoms with E-state index in [2.05, 4.69) is 16.8 Å². The van der Waals surface area contributed by atoms with Crippen LogP contribution in [0.4, 0.5) is 0 Å². The lowest BCUT2D eigenvalue weighted by molar-refractivity contribution is 0.991. The average molecular weight is 230 g/mol. The third kappa shape index (κ3) is 2.74. The SMILES string of the molecule is ClCCCC#Cc1ccc2ccccc2n1. The molecule has 2 heteroatoms. The first-order chi connectivity index (χ1) is 7.90. The molecular formula is C14H12ClN. The molecule has 16 heavy (non-hydrogen) atoms. The number of nitrogens with zero attached hydrogens (tertiary/aromatic N) is 1. The molecule has 1 aromatic carbocycles. The molecule has 0 amide bonds. The van der Waals surface area contributed by atoms with Gasteiger partial charge in [0.15, 0.2) is 0 Å². The molecule has 0 aliphatic rings. The maximum atomic E-state index is 5.58. The number of halogens is 1. The van der Waals surface area contributed by atoms with Crippen molar-refractivity contribution in [2.75, 3.05) is 5.88 Å². The molecule has 0 N–H and O–H groups in total. The molecule has 0 radical (unpaired) electrons. The number of hydrogen-bond acceptors (Lipinski definition) is 1. The first-order valence-electron chi connectivity index (χ1n) is 5.31. The van der Waals surface area contributed by atoms with Gasteiger partial charge in [0.05, 0.1) is 5.52 Å². The fraction of sp³-hybridized carbons (Fsp3) is 0.214. The van der Waals surface area contributed by atoms with Crippen LogP contribution in [0.3, 0.4) is 0 Å². The smallest absolute Gasteiger partial charge is 0.113 e. The van der Waals surface area contributed by atoms with Crippen molar-refractivity contribution in [2.45, 2.75) is 12.8 Å². The molecule has 1 nitrogen and oxygen atoms in total. The zero-order valence-corrected chi connectivity index (χ0v) is 9.67. The molecule has 1 aromatic heterocycles. The Bertz CT molecular complexity index is 537. The Morgan fingerprint density at radius 3 is 2.88 bits per heavy atom. The molecule has 0 saturated heterocycles. The monoisotopic (exact) mass is 229 g/mol. The van der Waals surface area contributed by atoms with Gasteiger partial charge in [0.2, 0.25) is 0 Å². The number of pyridine rings is 1. The van der Waals surface area contributed by atoms with Crippen molar-refractivity contribution in [3.8, 4) is 11.8 Å². The van der Waals surface area contributed by atoms with E-state index in [-0.39, 0.29) is 0 Å². The summed E-state index contributed by atoms with van der Waals surface area (Å²) >= 11 is 5.58. The molecule has 0 aliphatic heterocycles. The fourth-order valence-corrected chi connectivity index (χ4v) is 1.58. The van der Waals surface area contributed by atoms with E-state index in [1.807, 2.05) is 36.4 Å². The first-order valence-corrected chi connectivity index (χ1v) is 5.84. The zero-order chi connectivity index (χ0) is 11.2. The molecule has 0 bridgehead atoms. The second-order valence-corrected chi connectivity index (χ2v) is 3.86. The van der Waals surface area contributed by atoms with Gasteiger partial charge in [-0.25, -0.2) is 4.98 Å². The van der Waals surface area contributed by atoms with Crippen molar-refractivity contribution < 1.29 is 0 Å². The minimum Gasteiger partial charge on any atom is -0.239 e. The lowest BCUT2D eigenvalue weighted by Crippen LogP contribution is -1.83. The standard InChI is InChI=1S/C14H12ClN/c15-11-5-1-2-7-13-10-9-12-6-3-4-8-14(12)16-13/h3-4,6,8-10H,1,5,11H2. The normalized spacial score (nSPS) is 9.81. The predicted molar refractivity (Wildman–Crippen MR) is 68.6 cm³/mol. The number of benzene rings is 1. The van der Waals surface area contributed by atoms with Gasteiger partial charge in [-0.1, -0.05) is 30.2 Å². The van der Waals surface area contributed by atoms with Gasteiger partial charge in [0.1, 0.15) is 5.69 Å². The molecular weight excluding hydrogens is 218 g/mol. The third-order valence-electron chi connectivity index (χ3n) is 2.25. The van der Waals surface area contributed by atoms with Crippen LogP contribution in [0.1, 0.15) is 18.5 Å². The Kier molecular flexibility index (Phi) is 3.80. The number of fused-ring (bicyclic) bond motifs is 1. The second kappa shape index (κ2) is 5.53. The highest BCUT2D eigenvalue weighted by atomic mass is 35.5. The second-order valence-electron chi connectivity index (χ2n) is 3.48. The van der Waals surface area contributed by atoms with Crippen LogP contribution in [0.2, 0.25) is 0 Å². The number of hydrogen-bond donors (Lipinski definition) is 0. The quantitative estimate of drug-likeness (QED) is 0.436. The van der Waals surface area contributed by atoms with Crippen molar-refractivity contribution in [3.05, 3.63) is 42.1 Å². The minimum absolute atomic E-state index is 0.666. The van der Waals surface area contributed by atoms with E-state index < -0.39 is 0 Å². The van der Waals surface area contributed by atoms with E-state index in [0.717, 1.165) is 29.4 Å². The Morgan fingerprint density at radius 2 is 2.00 bits per heavy atom. The van der Waals surface area contributed by atoms with Crippen LogP contribution in [0.5, 0.6) is 0 Å². The van der Waals surface area contributed by atoms with E-state index in [0.29, 0.717) is 5.88 Å². The summed E-state index contributed by atoms with van der Waals surface area (Å²) in [6.45, 7) is 0. The molecule has 0 aliphatic carbocycles. The van der Waals surface area contributed by atoms with Gasteiger partial charge in [-0.05, 0) is 24.5 Å². The summed E-state index contributed by atoms with van der Waals surface area (Å²) in [5.41, 5.74) is 1.82. The lowest BCUT2D eigenvalue weighted by Gasteiger charge is -1.96. The van der Waals surface area contributed by atoms with Gasteiger partial charge >= 0.3 is 0 Å². The Hall–Kier alpha value is -1.52. The highest BCUT2D eigenvalue weighted by molar-refractivity contribution is 6.17. The lowest BCUT2D eigenvalue weighted by atomic mass is 10.2. The summed E-state index contributed by atoms with van der Waals surface area (Å²) in [5.74, 6) is 6.79. The Balaban J connectivity index is 2.21. The molecule has 0 spiro atoms. The summed E-state index contributed by atoms with van der Waals surface area (Å²) in [6.07, 6.45) is 1.76. The fourth-order valence-electron chi connectivity index (χ4n) is 1.44. The van der Waals surface area contributed by atoms with Crippen molar-refractivity contribution in [1.82, 2.24) is 4.98 Å². The molecule has 1 heterocycles. The van der Waals surface area contributed by atoms with E-state index in [1.54, 1.807) is 0 Å². The summed E-state index contributed by atoms with van der Waals surface area (Å²) in [4.78, 5) is 4.47. The van der Waals surface area contributed by atoms with Crippen LogP contribution in [-0.2, 0) is 0 Å². The predicted octanol–water partition coefficient (Wildman–Crippen LogP) is 3.61. The number of aromatic nitrogens is 1. The molecule has 0 fully saturated rings. The Morgan fingerprint density at radius 1 is 1.12 bits per heavy atom. The van der Waals surface area contributed by atoms with Crippen molar-refractivity contribution >= 4 is 22.5 Å².